The molecule has 0 radical (unpaired) electrons. The van der Waals surface area contributed by atoms with Gasteiger partial charge in [0.05, 0.1) is 23.7 Å². The van der Waals surface area contributed by atoms with Gasteiger partial charge in [-0.2, -0.15) is 0 Å². The van der Waals surface area contributed by atoms with Gasteiger partial charge in [0.15, 0.2) is 0 Å². The molecule has 3 heterocycles. The minimum absolute atomic E-state index is 0.0294. The van der Waals surface area contributed by atoms with E-state index in [0.29, 0.717) is 46.5 Å². The van der Waals surface area contributed by atoms with Gasteiger partial charge >= 0.3 is 0 Å². The second-order valence-electron chi connectivity index (χ2n) is 8.54. The Balaban J connectivity index is 1.22. The first-order valence-corrected chi connectivity index (χ1v) is 11.9. The van der Waals surface area contributed by atoms with Crippen molar-refractivity contribution in [3.63, 3.8) is 0 Å². The molecule has 2 aliphatic rings. The Labute approximate surface area is 204 Å². The molecule has 0 spiro atoms. The number of halogens is 2. The third-order valence-corrected chi connectivity index (χ3v) is 7.32. The van der Waals surface area contributed by atoms with Crippen LogP contribution in [0.1, 0.15) is 41.1 Å². The van der Waals surface area contributed by atoms with Crippen LogP contribution in [-0.2, 0) is 4.79 Å². The quantitative estimate of drug-likeness (QED) is 0.669. The number of pyridine rings is 1. The average molecular weight is 491 g/mol. The van der Waals surface area contributed by atoms with Gasteiger partial charge in [0.2, 0.25) is 11.8 Å². The molecule has 2 saturated heterocycles. The molecule has 176 valence electrons. The first kappa shape index (κ1) is 23.8. The van der Waals surface area contributed by atoms with E-state index in [1.54, 1.807) is 19.2 Å². The van der Waals surface area contributed by atoms with E-state index < -0.39 is 0 Å². The van der Waals surface area contributed by atoms with Crippen LogP contribution in [0, 0.1) is 0 Å². The topological polar surface area (TPSA) is 74.8 Å². The van der Waals surface area contributed by atoms with Crippen molar-refractivity contribution in [1.82, 2.24) is 20.1 Å². The molecule has 9 heteroatoms. The summed E-state index contributed by atoms with van der Waals surface area (Å²) in [6, 6.07) is 9.05. The number of carbonyl (C=O) groups excluding carboxylic acids is 2. The van der Waals surface area contributed by atoms with E-state index in [1.165, 1.54) is 11.6 Å². The summed E-state index contributed by atoms with van der Waals surface area (Å²) < 4.78 is 5.15. The van der Waals surface area contributed by atoms with E-state index in [9.17, 15) is 9.59 Å². The zero-order chi connectivity index (χ0) is 23.4. The lowest BCUT2D eigenvalue weighted by Crippen LogP contribution is -2.44. The van der Waals surface area contributed by atoms with Crippen molar-refractivity contribution >= 4 is 35.0 Å². The zero-order valence-corrected chi connectivity index (χ0v) is 20.1. The first-order chi connectivity index (χ1) is 15.9. The van der Waals surface area contributed by atoms with E-state index in [1.807, 2.05) is 17.2 Å². The van der Waals surface area contributed by atoms with Crippen LogP contribution >= 0.6 is 23.2 Å². The number of piperidine rings is 1. The maximum absolute atomic E-state index is 12.6. The summed E-state index contributed by atoms with van der Waals surface area (Å²) in [6.07, 6.45) is 5.04. The fourth-order valence-corrected chi connectivity index (χ4v) is 4.92. The van der Waals surface area contributed by atoms with Crippen molar-refractivity contribution in [1.29, 1.82) is 0 Å². The lowest BCUT2D eigenvalue weighted by atomic mass is 9.90. The molecular weight excluding hydrogens is 463 g/mol. The summed E-state index contributed by atoms with van der Waals surface area (Å²) in [4.78, 5) is 33.6. The normalized spacial score (nSPS) is 19.5. The highest BCUT2D eigenvalue weighted by molar-refractivity contribution is 6.42. The van der Waals surface area contributed by atoms with Crippen LogP contribution in [0.2, 0.25) is 10.0 Å². The van der Waals surface area contributed by atoms with Crippen molar-refractivity contribution in [2.24, 2.45) is 0 Å². The van der Waals surface area contributed by atoms with Crippen LogP contribution < -0.4 is 10.1 Å². The summed E-state index contributed by atoms with van der Waals surface area (Å²) in [5, 5.41) is 3.38. The Hall–Kier alpha value is -2.35. The molecule has 1 atom stereocenters. The van der Waals surface area contributed by atoms with Crippen LogP contribution in [0.5, 0.6) is 5.88 Å². The maximum atomic E-state index is 12.6. The number of nitrogens with zero attached hydrogens (tertiary/aromatic N) is 3. The van der Waals surface area contributed by atoms with Gasteiger partial charge in [-0.05, 0) is 62.0 Å². The highest BCUT2D eigenvalue weighted by Gasteiger charge is 2.32. The van der Waals surface area contributed by atoms with Gasteiger partial charge in [0.25, 0.3) is 5.91 Å². The minimum atomic E-state index is -0.340. The summed E-state index contributed by atoms with van der Waals surface area (Å²) in [5.74, 6) is 0.744. The number of methoxy groups -OCH3 is 1. The molecule has 0 bridgehead atoms. The third kappa shape index (κ3) is 5.78. The van der Waals surface area contributed by atoms with E-state index >= 15 is 0 Å². The van der Waals surface area contributed by atoms with Gasteiger partial charge in [-0.3, -0.25) is 14.5 Å². The molecule has 0 saturated carbocycles. The molecular formula is C24H28Cl2N4O3. The molecule has 7 nitrogen and oxygen atoms in total. The Bertz CT molecular complexity index is 994. The summed E-state index contributed by atoms with van der Waals surface area (Å²) >= 11 is 11.9. The smallest absolute Gasteiger partial charge is 0.251 e. The minimum Gasteiger partial charge on any atom is -0.481 e. The fraction of sp³-hybridized carbons (Fsp3) is 0.458. The lowest BCUT2D eigenvalue weighted by Gasteiger charge is -2.36. The van der Waals surface area contributed by atoms with Gasteiger partial charge in [-0.25, -0.2) is 4.98 Å². The number of rotatable bonds is 6. The second kappa shape index (κ2) is 10.7. The number of carbonyl (C=O) groups is 2. The van der Waals surface area contributed by atoms with E-state index in [0.717, 1.165) is 32.4 Å². The number of hydrogen-bond donors (Lipinski definition) is 1. The van der Waals surface area contributed by atoms with E-state index in [-0.39, 0.29) is 18.4 Å². The SMILES string of the molecule is COc1ccc(C2CCN(C3CCN(C(=O)CNC(=O)c4ccc(Cl)c(Cl)c4)C3)CC2)cn1. The van der Waals surface area contributed by atoms with Gasteiger partial charge in [-0.15, -0.1) is 0 Å². The Morgan fingerprint density at radius 2 is 1.88 bits per heavy atom. The molecule has 1 N–H and O–H groups in total. The van der Waals surface area contributed by atoms with Crippen LogP contribution in [0.25, 0.3) is 0 Å². The highest BCUT2D eigenvalue weighted by atomic mass is 35.5. The van der Waals surface area contributed by atoms with Crippen LogP contribution in [0.4, 0.5) is 0 Å². The molecule has 1 unspecified atom stereocenters. The lowest BCUT2D eigenvalue weighted by molar-refractivity contribution is -0.129. The van der Waals surface area contributed by atoms with Crippen LogP contribution in [0.15, 0.2) is 36.5 Å². The number of aromatic nitrogens is 1. The predicted molar refractivity (Wildman–Crippen MR) is 128 cm³/mol. The predicted octanol–water partition coefficient (Wildman–Crippen LogP) is 3.61. The maximum Gasteiger partial charge on any atom is 0.251 e. The van der Waals surface area contributed by atoms with Gasteiger partial charge in [0.1, 0.15) is 0 Å². The summed E-state index contributed by atoms with van der Waals surface area (Å²) in [6.45, 7) is 3.41. The summed E-state index contributed by atoms with van der Waals surface area (Å²) in [5.41, 5.74) is 1.64. The number of likely N-dealkylation sites (tertiary alicyclic amines) is 2. The molecule has 2 amide bonds. The largest absolute Gasteiger partial charge is 0.481 e. The van der Waals surface area contributed by atoms with E-state index in [2.05, 4.69) is 21.3 Å². The monoisotopic (exact) mass is 490 g/mol. The van der Waals surface area contributed by atoms with Crippen LogP contribution in [-0.4, -0.2) is 72.5 Å². The number of benzene rings is 1. The zero-order valence-electron chi connectivity index (χ0n) is 18.6. The average Bonchev–Trinajstić information content (AvgIpc) is 3.35. The molecule has 2 aliphatic heterocycles. The molecule has 4 rings (SSSR count). The number of nitrogens with one attached hydrogen (secondary N) is 1. The van der Waals surface area contributed by atoms with Crippen molar-refractivity contribution in [2.75, 3.05) is 39.8 Å². The third-order valence-electron chi connectivity index (χ3n) is 6.58. The Morgan fingerprint density at radius 3 is 2.55 bits per heavy atom. The van der Waals surface area contributed by atoms with Gasteiger partial charge in [-0.1, -0.05) is 29.3 Å². The summed E-state index contributed by atoms with van der Waals surface area (Å²) in [7, 11) is 1.62. The molecule has 1 aromatic carbocycles. The van der Waals surface area contributed by atoms with Crippen molar-refractivity contribution in [3.8, 4) is 5.88 Å². The Morgan fingerprint density at radius 1 is 1.09 bits per heavy atom. The van der Waals surface area contributed by atoms with Crippen molar-refractivity contribution < 1.29 is 14.3 Å². The van der Waals surface area contributed by atoms with Gasteiger partial charge < -0.3 is 15.0 Å². The number of hydrogen-bond acceptors (Lipinski definition) is 5. The second-order valence-corrected chi connectivity index (χ2v) is 9.35. The molecule has 1 aromatic heterocycles. The Kier molecular flexibility index (Phi) is 7.73. The van der Waals surface area contributed by atoms with Crippen molar-refractivity contribution in [2.45, 2.75) is 31.2 Å². The molecule has 2 fully saturated rings. The number of amides is 2. The first-order valence-electron chi connectivity index (χ1n) is 11.2. The number of ether oxygens (including phenoxy) is 1. The highest BCUT2D eigenvalue weighted by Crippen LogP contribution is 2.30. The molecule has 0 aliphatic carbocycles. The van der Waals surface area contributed by atoms with Crippen LogP contribution in [0.3, 0.4) is 0 Å². The van der Waals surface area contributed by atoms with E-state index in [4.69, 9.17) is 27.9 Å². The fourth-order valence-electron chi connectivity index (χ4n) is 4.63. The molecule has 33 heavy (non-hydrogen) atoms. The molecule has 2 aromatic rings. The standard InChI is InChI=1S/C24H28Cl2N4O3/c1-33-22-5-3-18(13-27-22)16-6-9-29(10-7-16)19-8-11-30(15-19)23(31)14-28-24(32)17-2-4-20(25)21(26)12-17/h2-5,12-13,16,19H,6-11,14-15H2,1H3,(H,28,32). The van der Waals surface area contributed by atoms with Gasteiger partial charge in [0, 0.05) is 37.0 Å². The van der Waals surface area contributed by atoms with Crippen molar-refractivity contribution in [3.05, 3.63) is 57.7 Å².